The maximum Gasteiger partial charge on any atom is 0.269 e. The SMILES string of the molecule is Nc1noc(-c2ccc([N+](=O)[O-])cc2)c1-c1ccccc1. The zero-order valence-electron chi connectivity index (χ0n) is 10.9. The lowest BCUT2D eigenvalue weighted by Gasteiger charge is -2.02. The Labute approximate surface area is 120 Å². The highest BCUT2D eigenvalue weighted by atomic mass is 16.6. The van der Waals surface area contributed by atoms with Gasteiger partial charge in [0.1, 0.15) is 0 Å². The molecule has 1 heterocycles. The van der Waals surface area contributed by atoms with Crippen LogP contribution in [0.3, 0.4) is 0 Å². The van der Waals surface area contributed by atoms with Crippen molar-refractivity contribution in [2.24, 2.45) is 0 Å². The Bertz CT molecular complexity index is 780. The summed E-state index contributed by atoms with van der Waals surface area (Å²) in [5.41, 5.74) is 8.14. The highest BCUT2D eigenvalue weighted by Crippen LogP contribution is 2.36. The maximum absolute atomic E-state index is 10.7. The number of anilines is 1. The van der Waals surface area contributed by atoms with Crippen LogP contribution in [-0.2, 0) is 0 Å². The van der Waals surface area contributed by atoms with Gasteiger partial charge in [0.2, 0.25) is 0 Å². The molecule has 0 saturated carbocycles. The van der Waals surface area contributed by atoms with E-state index in [1.165, 1.54) is 12.1 Å². The van der Waals surface area contributed by atoms with Gasteiger partial charge in [-0.15, -0.1) is 0 Å². The van der Waals surface area contributed by atoms with Gasteiger partial charge in [0.25, 0.3) is 5.69 Å². The highest BCUT2D eigenvalue weighted by Gasteiger charge is 2.18. The van der Waals surface area contributed by atoms with E-state index in [1.807, 2.05) is 30.3 Å². The summed E-state index contributed by atoms with van der Waals surface area (Å²) in [6, 6.07) is 15.6. The molecule has 0 amide bonds. The van der Waals surface area contributed by atoms with Crippen LogP contribution in [0.2, 0.25) is 0 Å². The van der Waals surface area contributed by atoms with Crippen molar-refractivity contribution >= 4 is 11.5 Å². The molecule has 0 aliphatic heterocycles. The molecule has 0 aliphatic rings. The van der Waals surface area contributed by atoms with Crippen LogP contribution in [0.4, 0.5) is 11.5 Å². The second-order valence-corrected chi connectivity index (χ2v) is 4.44. The van der Waals surface area contributed by atoms with Crippen molar-refractivity contribution in [3.63, 3.8) is 0 Å². The average molecular weight is 281 g/mol. The first-order chi connectivity index (χ1) is 10.2. The van der Waals surface area contributed by atoms with Crippen LogP contribution in [0, 0.1) is 10.1 Å². The van der Waals surface area contributed by atoms with Gasteiger partial charge in [-0.05, 0) is 17.7 Å². The number of nitro benzene ring substituents is 1. The molecule has 0 fully saturated rings. The molecule has 2 aromatic carbocycles. The van der Waals surface area contributed by atoms with Crippen molar-refractivity contribution in [3.8, 4) is 22.5 Å². The van der Waals surface area contributed by atoms with Crippen molar-refractivity contribution in [2.75, 3.05) is 5.73 Å². The Morgan fingerprint density at radius 1 is 1.00 bits per heavy atom. The fourth-order valence-electron chi connectivity index (χ4n) is 2.12. The molecule has 0 saturated heterocycles. The number of nitro groups is 1. The van der Waals surface area contributed by atoms with Gasteiger partial charge in [-0.2, -0.15) is 0 Å². The zero-order valence-corrected chi connectivity index (χ0v) is 10.9. The number of nitrogens with two attached hydrogens (primary N) is 1. The van der Waals surface area contributed by atoms with Gasteiger partial charge in [-0.3, -0.25) is 10.1 Å². The average Bonchev–Trinajstić information content (AvgIpc) is 2.90. The second-order valence-electron chi connectivity index (χ2n) is 4.44. The van der Waals surface area contributed by atoms with E-state index >= 15 is 0 Å². The minimum atomic E-state index is -0.448. The lowest BCUT2D eigenvalue weighted by molar-refractivity contribution is -0.384. The van der Waals surface area contributed by atoms with Gasteiger partial charge in [0.05, 0.1) is 10.5 Å². The summed E-state index contributed by atoms with van der Waals surface area (Å²) in [5.74, 6) is 0.781. The molecule has 2 N–H and O–H groups in total. The van der Waals surface area contributed by atoms with Gasteiger partial charge in [-0.1, -0.05) is 35.5 Å². The lowest BCUT2D eigenvalue weighted by atomic mass is 10.0. The summed E-state index contributed by atoms with van der Waals surface area (Å²) < 4.78 is 5.29. The molecular formula is C15H11N3O3. The van der Waals surface area contributed by atoms with E-state index in [-0.39, 0.29) is 11.5 Å². The molecule has 6 nitrogen and oxygen atoms in total. The van der Waals surface area contributed by atoms with Crippen LogP contribution in [0.5, 0.6) is 0 Å². The zero-order chi connectivity index (χ0) is 14.8. The largest absolute Gasteiger partial charge is 0.380 e. The lowest BCUT2D eigenvalue weighted by Crippen LogP contribution is -1.89. The van der Waals surface area contributed by atoms with E-state index in [0.29, 0.717) is 16.9 Å². The van der Waals surface area contributed by atoms with Crippen molar-refractivity contribution in [2.45, 2.75) is 0 Å². The van der Waals surface area contributed by atoms with Crippen LogP contribution in [-0.4, -0.2) is 10.1 Å². The minimum Gasteiger partial charge on any atom is -0.380 e. The molecule has 0 atom stereocenters. The Balaban J connectivity index is 2.10. The molecule has 0 bridgehead atoms. The van der Waals surface area contributed by atoms with E-state index in [1.54, 1.807) is 12.1 Å². The molecule has 3 rings (SSSR count). The van der Waals surface area contributed by atoms with Gasteiger partial charge in [0.15, 0.2) is 11.6 Å². The van der Waals surface area contributed by atoms with Crippen LogP contribution < -0.4 is 5.73 Å². The number of hydrogen-bond donors (Lipinski definition) is 1. The smallest absolute Gasteiger partial charge is 0.269 e. The van der Waals surface area contributed by atoms with E-state index in [9.17, 15) is 10.1 Å². The van der Waals surface area contributed by atoms with E-state index in [0.717, 1.165) is 5.56 Å². The highest BCUT2D eigenvalue weighted by molar-refractivity contribution is 5.86. The minimum absolute atomic E-state index is 0.0208. The van der Waals surface area contributed by atoms with Gasteiger partial charge in [0, 0.05) is 17.7 Å². The molecule has 3 aromatic rings. The Kier molecular flexibility index (Phi) is 3.12. The number of nitrogens with zero attached hydrogens (tertiary/aromatic N) is 2. The third-order valence-electron chi connectivity index (χ3n) is 3.12. The van der Waals surface area contributed by atoms with Crippen molar-refractivity contribution in [1.82, 2.24) is 5.16 Å². The number of rotatable bonds is 3. The molecule has 1 aromatic heterocycles. The Morgan fingerprint density at radius 3 is 2.29 bits per heavy atom. The molecule has 0 unspecified atom stereocenters. The number of benzene rings is 2. The monoisotopic (exact) mass is 281 g/mol. The van der Waals surface area contributed by atoms with Crippen LogP contribution >= 0.6 is 0 Å². The summed E-state index contributed by atoms with van der Waals surface area (Å²) in [6.45, 7) is 0. The fourth-order valence-corrected chi connectivity index (χ4v) is 2.12. The fraction of sp³-hybridized carbons (Fsp3) is 0. The number of aromatic nitrogens is 1. The van der Waals surface area contributed by atoms with Gasteiger partial charge >= 0.3 is 0 Å². The molecule has 21 heavy (non-hydrogen) atoms. The molecule has 0 spiro atoms. The van der Waals surface area contributed by atoms with Crippen LogP contribution in [0.1, 0.15) is 0 Å². The summed E-state index contributed by atoms with van der Waals surface area (Å²) in [4.78, 5) is 10.2. The van der Waals surface area contributed by atoms with Gasteiger partial charge < -0.3 is 10.3 Å². The normalized spacial score (nSPS) is 10.5. The predicted molar refractivity (Wildman–Crippen MR) is 78.4 cm³/mol. The number of non-ortho nitro benzene ring substituents is 1. The van der Waals surface area contributed by atoms with Crippen LogP contribution in [0.15, 0.2) is 59.1 Å². The van der Waals surface area contributed by atoms with Gasteiger partial charge in [-0.25, -0.2) is 0 Å². The first-order valence-electron chi connectivity index (χ1n) is 6.22. The first-order valence-corrected chi connectivity index (χ1v) is 6.22. The van der Waals surface area contributed by atoms with E-state index in [2.05, 4.69) is 5.16 Å². The number of nitrogen functional groups attached to an aromatic ring is 1. The summed E-state index contributed by atoms with van der Waals surface area (Å²) >= 11 is 0. The third-order valence-corrected chi connectivity index (χ3v) is 3.12. The molecule has 6 heteroatoms. The molecular weight excluding hydrogens is 270 g/mol. The maximum atomic E-state index is 10.7. The first kappa shape index (κ1) is 12.9. The van der Waals surface area contributed by atoms with Crippen LogP contribution in [0.25, 0.3) is 22.5 Å². The Hall–Kier alpha value is -3.15. The standard InChI is InChI=1S/C15H11N3O3/c16-15-13(10-4-2-1-3-5-10)14(21-17-15)11-6-8-12(9-7-11)18(19)20/h1-9H,(H2,16,17). The van der Waals surface area contributed by atoms with Crippen molar-refractivity contribution < 1.29 is 9.45 Å². The van der Waals surface area contributed by atoms with Crippen molar-refractivity contribution in [3.05, 3.63) is 64.7 Å². The van der Waals surface area contributed by atoms with E-state index < -0.39 is 4.92 Å². The molecule has 0 radical (unpaired) electrons. The van der Waals surface area contributed by atoms with E-state index in [4.69, 9.17) is 10.3 Å². The second kappa shape index (κ2) is 5.09. The molecule has 0 aliphatic carbocycles. The topological polar surface area (TPSA) is 95.2 Å². The third kappa shape index (κ3) is 2.34. The number of hydrogen-bond acceptors (Lipinski definition) is 5. The summed E-state index contributed by atoms with van der Waals surface area (Å²) in [5, 5.41) is 14.5. The predicted octanol–water partition coefficient (Wildman–Crippen LogP) is 3.50. The quantitative estimate of drug-likeness (QED) is 0.585. The summed E-state index contributed by atoms with van der Waals surface area (Å²) in [6.07, 6.45) is 0. The Morgan fingerprint density at radius 2 is 1.67 bits per heavy atom. The summed E-state index contributed by atoms with van der Waals surface area (Å²) in [7, 11) is 0. The molecule has 104 valence electrons. The van der Waals surface area contributed by atoms with Crippen molar-refractivity contribution in [1.29, 1.82) is 0 Å².